The van der Waals surface area contributed by atoms with Crippen LogP contribution in [-0.2, 0) is 4.79 Å². The van der Waals surface area contributed by atoms with Crippen molar-refractivity contribution in [3.63, 3.8) is 0 Å². The summed E-state index contributed by atoms with van der Waals surface area (Å²) in [7, 11) is 0. The van der Waals surface area contributed by atoms with Crippen LogP contribution in [0.1, 0.15) is 56.4 Å². The van der Waals surface area contributed by atoms with E-state index >= 15 is 0 Å². The van der Waals surface area contributed by atoms with Gasteiger partial charge in [-0.2, -0.15) is 5.10 Å². The van der Waals surface area contributed by atoms with Gasteiger partial charge in [-0.1, -0.05) is 19.3 Å². The number of nitrogens with zero attached hydrogens (tertiary/aromatic N) is 3. The molecule has 3 heterocycles. The van der Waals surface area contributed by atoms with E-state index in [1.807, 2.05) is 12.4 Å². The average molecular weight is 330 g/mol. The zero-order valence-electron chi connectivity index (χ0n) is 14.6. The third-order valence-electron chi connectivity index (χ3n) is 6.58. The van der Waals surface area contributed by atoms with Gasteiger partial charge in [0.05, 0.1) is 12.7 Å². The second kappa shape index (κ2) is 7.26. The van der Waals surface area contributed by atoms with Gasteiger partial charge in [-0.15, -0.1) is 0 Å². The minimum Gasteiger partial charge on any atom is -0.341 e. The van der Waals surface area contributed by atoms with Crippen molar-refractivity contribution < 1.29 is 4.79 Å². The topological polar surface area (TPSA) is 52.2 Å². The normalized spacial score (nSPS) is 29.4. The molecule has 0 bridgehead atoms. The van der Waals surface area contributed by atoms with Crippen molar-refractivity contribution in [3.05, 3.63) is 18.0 Å². The number of fused-ring (bicyclic) bond motifs is 1. The van der Waals surface area contributed by atoms with Crippen LogP contribution >= 0.6 is 0 Å². The Hall–Kier alpha value is -1.36. The van der Waals surface area contributed by atoms with E-state index in [0.717, 1.165) is 50.9 Å². The number of H-pyrrole nitrogens is 1. The highest BCUT2D eigenvalue weighted by atomic mass is 16.2. The van der Waals surface area contributed by atoms with E-state index in [1.165, 1.54) is 37.7 Å². The van der Waals surface area contributed by atoms with E-state index in [-0.39, 0.29) is 0 Å². The van der Waals surface area contributed by atoms with Gasteiger partial charge in [0.2, 0.25) is 5.91 Å². The highest BCUT2D eigenvalue weighted by Crippen LogP contribution is 2.36. The first-order valence-electron chi connectivity index (χ1n) is 9.78. The lowest BCUT2D eigenvalue weighted by Gasteiger charge is -2.42. The summed E-state index contributed by atoms with van der Waals surface area (Å²) in [5, 5.41) is 6.97. The molecule has 24 heavy (non-hydrogen) atoms. The predicted molar refractivity (Wildman–Crippen MR) is 93.6 cm³/mol. The van der Waals surface area contributed by atoms with E-state index in [9.17, 15) is 4.79 Å². The molecule has 1 amide bonds. The van der Waals surface area contributed by atoms with E-state index in [0.29, 0.717) is 18.4 Å². The first kappa shape index (κ1) is 16.1. The number of hydrogen-bond donors (Lipinski definition) is 1. The third-order valence-corrected chi connectivity index (χ3v) is 6.58. The molecule has 132 valence electrons. The number of rotatable bonds is 3. The molecule has 1 N–H and O–H groups in total. The van der Waals surface area contributed by atoms with Crippen LogP contribution in [0.25, 0.3) is 0 Å². The Kier molecular flexibility index (Phi) is 4.88. The van der Waals surface area contributed by atoms with Crippen molar-refractivity contribution in [1.29, 1.82) is 0 Å². The van der Waals surface area contributed by atoms with Crippen LogP contribution in [0, 0.1) is 11.8 Å². The fourth-order valence-corrected chi connectivity index (χ4v) is 5.03. The first-order valence-corrected chi connectivity index (χ1v) is 9.78. The fraction of sp³-hybridized carbons (Fsp3) is 0.789. The second-order valence-corrected chi connectivity index (χ2v) is 8.02. The van der Waals surface area contributed by atoms with Crippen molar-refractivity contribution in [2.75, 3.05) is 32.7 Å². The Labute approximate surface area is 144 Å². The number of amides is 1. The van der Waals surface area contributed by atoms with Gasteiger partial charge in [0.15, 0.2) is 0 Å². The molecule has 2 atom stereocenters. The van der Waals surface area contributed by atoms with Gasteiger partial charge in [0.25, 0.3) is 0 Å². The monoisotopic (exact) mass is 330 g/mol. The lowest BCUT2D eigenvalue weighted by molar-refractivity contribution is -0.135. The molecular formula is C19H30N4O. The molecule has 3 aliphatic rings. The summed E-state index contributed by atoms with van der Waals surface area (Å²) in [6, 6.07) is 0. The summed E-state index contributed by atoms with van der Waals surface area (Å²) >= 11 is 0. The summed E-state index contributed by atoms with van der Waals surface area (Å²) in [4.78, 5) is 17.2. The molecule has 0 radical (unpaired) electrons. The Morgan fingerprint density at radius 1 is 1.08 bits per heavy atom. The zero-order chi connectivity index (χ0) is 16.4. The van der Waals surface area contributed by atoms with Crippen molar-refractivity contribution in [3.8, 4) is 0 Å². The second-order valence-electron chi connectivity index (χ2n) is 8.02. The molecule has 0 spiro atoms. The van der Waals surface area contributed by atoms with Crippen molar-refractivity contribution in [2.45, 2.75) is 50.9 Å². The smallest absolute Gasteiger partial charge is 0.236 e. The quantitative estimate of drug-likeness (QED) is 0.927. The van der Waals surface area contributed by atoms with Crippen LogP contribution in [-0.4, -0.2) is 58.6 Å². The number of aromatic amines is 1. The number of hydrogen-bond acceptors (Lipinski definition) is 3. The SMILES string of the molecule is O=C(CN1CCC(c2cn[nH]c2)CC1)N1CC[C@@H]2CCCC[C@H]2C1. The summed E-state index contributed by atoms with van der Waals surface area (Å²) in [6.07, 6.45) is 13.0. The van der Waals surface area contributed by atoms with Crippen LogP contribution in [0.2, 0.25) is 0 Å². The lowest BCUT2D eigenvalue weighted by atomic mass is 9.75. The molecule has 0 aromatic carbocycles. The molecule has 1 aromatic heterocycles. The maximum Gasteiger partial charge on any atom is 0.236 e. The van der Waals surface area contributed by atoms with Crippen molar-refractivity contribution in [2.24, 2.45) is 11.8 Å². The third kappa shape index (κ3) is 3.51. The van der Waals surface area contributed by atoms with E-state index in [1.54, 1.807) is 0 Å². The average Bonchev–Trinajstić information content (AvgIpc) is 3.16. The van der Waals surface area contributed by atoms with Gasteiger partial charge in [-0.05, 0) is 62.1 Å². The zero-order valence-corrected chi connectivity index (χ0v) is 14.6. The minimum atomic E-state index is 0.362. The van der Waals surface area contributed by atoms with Crippen molar-refractivity contribution in [1.82, 2.24) is 20.0 Å². The van der Waals surface area contributed by atoms with Crippen LogP contribution in [0.3, 0.4) is 0 Å². The number of likely N-dealkylation sites (tertiary alicyclic amines) is 2. The summed E-state index contributed by atoms with van der Waals surface area (Å²) < 4.78 is 0. The molecule has 1 aromatic rings. The molecule has 4 rings (SSSR count). The number of piperidine rings is 2. The Morgan fingerprint density at radius 3 is 2.62 bits per heavy atom. The van der Waals surface area contributed by atoms with Crippen LogP contribution in [0.15, 0.2) is 12.4 Å². The van der Waals surface area contributed by atoms with Crippen LogP contribution in [0.4, 0.5) is 0 Å². The standard InChI is InChI=1S/C19H30N4O/c24-19(23-10-7-15-3-1-2-4-17(15)13-23)14-22-8-5-16(6-9-22)18-11-20-21-12-18/h11-12,15-17H,1-10,13-14H2,(H,20,21)/t15-,17-/m0/s1. The van der Waals surface area contributed by atoms with Gasteiger partial charge >= 0.3 is 0 Å². The fourth-order valence-electron chi connectivity index (χ4n) is 5.03. The molecule has 5 heteroatoms. The highest BCUT2D eigenvalue weighted by Gasteiger charge is 2.33. The van der Waals surface area contributed by atoms with Gasteiger partial charge in [0.1, 0.15) is 0 Å². The Bertz CT molecular complexity index is 536. The molecule has 0 unspecified atom stereocenters. The largest absolute Gasteiger partial charge is 0.341 e. The molecule has 2 saturated heterocycles. The van der Waals surface area contributed by atoms with Gasteiger partial charge in [0, 0.05) is 19.3 Å². The van der Waals surface area contributed by atoms with E-state index in [2.05, 4.69) is 20.0 Å². The Balaban J connectivity index is 1.25. The van der Waals surface area contributed by atoms with Crippen LogP contribution in [0.5, 0.6) is 0 Å². The molecule has 3 fully saturated rings. The summed E-state index contributed by atoms with van der Waals surface area (Å²) in [5.74, 6) is 2.64. The van der Waals surface area contributed by atoms with E-state index in [4.69, 9.17) is 0 Å². The van der Waals surface area contributed by atoms with Crippen molar-refractivity contribution >= 4 is 5.91 Å². The number of carbonyl (C=O) groups excluding carboxylic acids is 1. The predicted octanol–water partition coefficient (Wildman–Crippen LogP) is 2.63. The number of carbonyl (C=O) groups is 1. The minimum absolute atomic E-state index is 0.362. The maximum absolute atomic E-state index is 12.7. The summed E-state index contributed by atoms with van der Waals surface area (Å²) in [6.45, 7) is 4.69. The van der Waals surface area contributed by atoms with Gasteiger partial charge in [-0.3, -0.25) is 14.8 Å². The molecule has 1 aliphatic carbocycles. The first-order chi connectivity index (χ1) is 11.8. The molecule has 2 aliphatic heterocycles. The van der Waals surface area contributed by atoms with Gasteiger partial charge in [-0.25, -0.2) is 0 Å². The number of aromatic nitrogens is 2. The lowest BCUT2D eigenvalue weighted by Crippen LogP contribution is -2.49. The van der Waals surface area contributed by atoms with Crippen LogP contribution < -0.4 is 0 Å². The molecular weight excluding hydrogens is 300 g/mol. The molecule has 5 nitrogen and oxygen atoms in total. The maximum atomic E-state index is 12.7. The highest BCUT2D eigenvalue weighted by molar-refractivity contribution is 5.78. The molecule has 1 saturated carbocycles. The Morgan fingerprint density at radius 2 is 1.88 bits per heavy atom. The van der Waals surface area contributed by atoms with E-state index < -0.39 is 0 Å². The summed E-state index contributed by atoms with van der Waals surface area (Å²) in [5.41, 5.74) is 1.32. The number of nitrogens with one attached hydrogen (secondary N) is 1. The van der Waals surface area contributed by atoms with Gasteiger partial charge < -0.3 is 4.90 Å².